The Morgan fingerprint density at radius 3 is 2.24 bits per heavy atom. The number of benzene rings is 2. The summed E-state index contributed by atoms with van der Waals surface area (Å²) in [5.41, 5.74) is 2.32. The largest absolute Gasteiger partial charge is 0.496 e. The van der Waals surface area contributed by atoms with E-state index >= 15 is 0 Å². The molecule has 2 rings (SSSR count). The molecule has 0 radical (unpaired) electrons. The van der Waals surface area contributed by atoms with E-state index in [0.717, 1.165) is 0 Å². The van der Waals surface area contributed by atoms with Crippen LogP contribution in [0.3, 0.4) is 0 Å². The van der Waals surface area contributed by atoms with Crippen molar-refractivity contribution in [3.05, 3.63) is 53.6 Å². The Morgan fingerprint density at radius 2 is 1.64 bits per heavy atom. The average Bonchev–Trinajstić information content (AvgIpc) is 2.54. The van der Waals surface area contributed by atoms with E-state index in [1.807, 2.05) is 0 Å². The maximum atomic E-state index is 12.3. The molecule has 0 unspecified atom stereocenters. The van der Waals surface area contributed by atoms with Crippen molar-refractivity contribution in [2.45, 2.75) is 20.3 Å². The third kappa shape index (κ3) is 5.17. The quantitative estimate of drug-likeness (QED) is 0.792. The highest BCUT2D eigenvalue weighted by atomic mass is 16.5. The molecule has 0 atom stereocenters. The molecule has 2 amide bonds. The molecule has 0 bridgehead atoms. The first kappa shape index (κ1) is 18.2. The van der Waals surface area contributed by atoms with E-state index in [-0.39, 0.29) is 24.0 Å². The average molecular weight is 340 g/mol. The molecule has 0 aromatic heterocycles. The number of methoxy groups -OCH3 is 1. The second-order valence-corrected chi connectivity index (χ2v) is 5.57. The number of nitrogens with one attached hydrogen (secondary N) is 2. The third-order valence-electron chi connectivity index (χ3n) is 3.50. The molecule has 2 aromatic rings. The van der Waals surface area contributed by atoms with Gasteiger partial charge in [0.2, 0.25) is 11.8 Å². The molecule has 2 aromatic carbocycles. The number of ketones is 1. The van der Waals surface area contributed by atoms with Gasteiger partial charge in [0.05, 0.1) is 13.5 Å². The van der Waals surface area contributed by atoms with Gasteiger partial charge in [-0.15, -0.1) is 0 Å². The highest BCUT2D eigenvalue weighted by Crippen LogP contribution is 2.22. The minimum absolute atomic E-state index is 0.0641. The van der Waals surface area contributed by atoms with E-state index in [4.69, 9.17) is 4.74 Å². The number of carbonyl (C=O) groups is 3. The highest BCUT2D eigenvalue weighted by Gasteiger charge is 2.12. The molecule has 0 saturated heterocycles. The van der Waals surface area contributed by atoms with Crippen molar-refractivity contribution >= 4 is 29.0 Å². The van der Waals surface area contributed by atoms with Crippen molar-refractivity contribution in [2.24, 2.45) is 0 Å². The van der Waals surface area contributed by atoms with Crippen LogP contribution in [0.15, 0.2) is 42.5 Å². The molecule has 6 nitrogen and oxygen atoms in total. The molecule has 6 heteroatoms. The summed E-state index contributed by atoms with van der Waals surface area (Å²) in [5, 5.41) is 5.43. The summed E-state index contributed by atoms with van der Waals surface area (Å²) < 4.78 is 5.26. The Kier molecular flexibility index (Phi) is 5.89. The predicted octanol–water partition coefficient (Wildman–Crippen LogP) is 3.04. The first-order chi connectivity index (χ1) is 11.9. The van der Waals surface area contributed by atoms with Crippen LogP contribution in [0.4, 0.5) is 11.4 Å². The lowest BCUT2D eigenvalue weighted by atomic mass is 10.0. The number of hydrogen-bond donors (Lipinski definition) is 2. The Labute approximate surface area is 146 Å². The van der Waals surface area contributed by atoms with Crippen LogP contribution in [0.1, 0.15) is 29.8 Å². The number of Topliss-reactive ketones (excluding diaryl/α,β-unsaturated/α-hetero) is 1. The number of rotatable bonds is 6. The molecule has 0 aliphatic carbocycles. The van der Waals surface area contributed by atoms with Crippen LogP contribution in [0.5, 0.6) is 5.75 Å². The molecule has 25 heavy (non-hydrogen) atoms. The van der Waals surface area contributed by atoms with Gasteiger partial charge in [-0.3, -0.25) is 14.4 Å². The first-order valence-electron chi connectivity index (χ1n) is 7.74. The monoisotopic (exact) mass is 340 g/mol. The van der Waals surface area contributed by atoms with Gasteiger partial charge in [-0.25, -0.2) is 0 Å². The van der Waals surface area contributed by atoms with Gasteiger partial charge in [0, 0.05) is 29.4 Å². The number of amides is 2. The zero-order chi connectivity index (χ0) is 18.4. The van der Waals surface area contributed by atoms with E-state index in [2.05, 4.69) is 10.6 Å². The van der Waals surface area contributed by atoms with Gasteiger partial charge in [0.1, 0.15) is 5.75 Å². The fraction of sp³-hybridized carbons (Fsp3) is 0.211. The van der Waals surface area contributed by atoms with E-state index in [1.165, 1.54) is 21.0 Å². The summed E-state index contributed by atoms with van der Waals surface area (Å²) in [7, 11) is 1.51. The number of carbonyl (C=O) groups excluding carboxylic acids is 3. The molecular weight excluding hydrogens is 320 g/mol. The van der Waals surface area contributed by atoms with Gasteiger partial charge < -0.3 is 15.4 Å². The van der Waals surface area contributed by atoms with Crippen LogP contribution in [0, 0.1) is 0 Å². The van der Waals surface area contributed by atoms with E-state index in [1.54, 1.807) is 42.5 Å². The summed E-state index contributed by atoms with van der Waals surface area (Å²) >= 11 is 0. The predicted molar refractivity (Wildman–Crippen MR) is 96.1 cm³/mol. The zero-order valence-electron chi connectivity index (χ0n) is 14.4. The van der Waals surface area contributed by atoms with Gasteiger partial charge in [0.25, 0.3) is 0 Å². The molecule has 0 aliphatic heterocycles. The van der Waals surface area contributed by atoms with Crippen LogP contribution in [0.25, 0.3) is 0 Å². The lowest BCUT2D eigenvalue weighted by molar-refractivity contribution is -0.116. The van der Waals surface area contributed by atoms with Gasteiger partial charge in [-0.1, -0.05) is 6.07 Å². The topological polar surface area (TPSA) is 84.5 Å². The Hall–Kier alpha value is -3.15. The van der Waals surface area contributed by atoms with Gasteiger partial charge >= 0.3 is 0 Å². The number of anilines is 2. The van der Waals surface area contributed by atoms with Crippen molar-refractivity contribution in [3.8, 4) is 5.75 Å². The van der Waals surface area contributed by atoms with Crippen molar-refractivity contribution in [1.82, 2.24) is 0 Å². The SMILES string of the molecule is COc1ccc(C(C)=O)cc1CC(=O)Nc1cccc(NC(C)=O)c1. The highest BCUT2D eigenvalue weighted by molar-refractivity contribution is 5.96. The first-order valence-corrected chi connectivity index (χ1v) is 7.74. The summed E-state index contributed by atoms with van der Waals surface area (Å²) in [6, 6.07) is 11.9. The lowest BCUT2D eigenvalue weighted by Crippen LogP contribution is -2.15. The van der Waals surface area contributed by atoms with E-state index in [9.17, 15) is 14.4 Å². The van der Waals surface area contributed by atoms with Gasteiger partial charge in [-0.05, 0) is 43.3 Å². The fourth-order valence-electron chi connectivity index (χ4n) is 2.39. The van der Waals surface area contributed by atoms with Crippen LogP contribution >= 0.6 is 0 Å². The summed E-state index contributed by atoms with van der Waals surface area (Å²) in [6.07, 6.45) is 0.0641. The molecule has 0 fully saturated rings. The Morgan fingerprint density at radius 1 is 0.960 bits per heavy atom. The number of hydrogen-bond acceptors (Lipinski definition) is 4. The van der Waals surface area contributed by atoms with Crippen molar-refractivity contribution in [3.63, 3.8) is 0 Å². The van der Waals surface area contributed by atoms with Crippen molar-refractivity contribution in [2.75, 3.05) is 17.7 Å². The van der Waals surface area contributed by atoms with E-state index in [0.29, 0.717) is 28.3 Å². The molecule has 130 valence electrons. The van der Waals surface area contributed by atoms with Crippen LogP contribution < -0.4 is 15.4 Å². The minimum atomic E-state index is -0.251. The molecule has 0 spiro atoms. The number of ether oxygens (including phenoxy) is 1. The minimum Gasteiger partial charge on any atom is -0.496 e. The standard InChI is InChI=1S/C19H20N2O4/c1-12(22)14-7-8-18(25-3)15(9-14)10-19(24)21-17-6-4-5-16(11-17)20-13(2)23/h4-9,11H,10H2,1-3H3,(H,20,23)(H,21,24). The second-order valence-electron chi connectivity index (χ2n) is 5.57. The summed E-state index contributed by atoms with van der Waals surface area (Å²) in [5.74, 6) is 0.0349. The van der Waals surface area contributed by atoms with Crippen LogP contribution in [-0.2, 0) is 16.0 Å². The third-order valence-corrected chi connectivity index (χ3v) is 3.50. The van der Waals surface area contributed by atoms with E-state index < -0.39 is 0 Å². The smallest absolute Gasteiger partial charge is 0.228 e. The van der Waals surface area contributed by atoms with Crippen molar-refractivity contribution < 1.29 is 19.1 Å². The summed E-state index contributed by atoms with van der Waals surface area (Å²) in [4.78, 5) is 35.0. The summed E-state index contributed by atoms with van der Waals surface area (Å²) in [6.45, 7) is 2.89. The van der Waals surface area contributed by atoms with Crippen LogP contribution in [-0.4, -0.2) is 24.7 Å². The second kappa shape index (κ2) is 8.10. The zero-order valence-corrected chi connectivity index (χ0v) is 14.4. The molecule has 0 saturated carbocycles. The normalized spacial score (nSPS) is 10.0. The Balaban J connectivity index is 2.13. The maximum Gasteiger partial charge on any atom is 0.228 e. The molecule has 0 heterocycles. The van der Waals surface area contributed by atoms with Gasteiger partial charge in [0.15, 0.2) is 5.78 Å². The Bertz CT molecular complexity index is 815. The molecular formula is C19H20N2O4. The van der Waals surface area contributed by atoms with Crippen LogP contribution in [0.2, 0.25) is 0 Å². The molecule has 2 N–H and O–H groups in total. The maximum absolute atomic E-state index is 12.3. The van der Waals surface area contributed by atoms with Gasteiger partial charge in [-0.2, -0.15) is 0 Å². The molecule has 0 aliphatic rings. The fourth-order valence-corrected chi connectivity index (χ4v) is 2.39. The lowest BCUT2D eigenvalue weighted by Gasteiger charge is -2.11. The van der Waals surface area contributed by atoms with Crippen molar-refractivity contribution in [1.29, 1.82) is 0 Å².